The smallest absolute Gasteiger partial charge is 0.158 e. The number of nitrogens with one attached hydrogen (secondary N) is 1. The van der Waals surface area contributed by atoms with E-state index in [4.69, 9.17) is 5.73 Å². The molecule has 2 aromatic carbocycles. The van der Waals surface area contributed by atoms with E-state index in [9.17, 15) is 0 Å². The van der Waals surface area contributed by atoms with Crippen molar-refractivity contribution in [1.29, 1.82) is 0 Å². The molecule has 7 heteroatoms. The molecule has 0 aliphatic heterocycles. The Morgan fingerprint density at radius 3 is 2.68 bits per heavy atom. The van der Waals surface area contributed by atoms with Gasteiger partial charge in [0.25, 0.3) is 0 Å². The molecule has 2 aromatic heterocycles. The fourth-order valence-corrected chi connectivity index (χ4v) is 2.93. The molecule has 0 aliphatic carbocycles. The number of nitrogens with two attached hydrogens (primary N) is 1. The van der Waals surface area contributed by atoms with Crippen molar-refractivity contribution >= 4 is 49.2 Å². The predicted molar refractivity (Wildman–Crippen MR) is 109 cm³/mol. The molecule has 122 valence electrons. The summed E-state index contributed by atoms with van der Waals surface area (Å²) in [5, 5.41) is 0. The van der Waals surface area contributed by atoms with Gasteiger partial charge in [-0.05, 0) is 58.0 Å². The van der Waals surface area contributed by atoms with Crippen LogP contribution < -0.4 is 5.73 Å². The van der Waals surface area contributed by atoms with Crippen LogP contribution in [-0.4, -0.2) is 24.2 Å². The second-order valence-electron chi connectivity index (χ2n) is 5.41. The summed E-state index contributed by atoms with van der Waals surface area (Å²) in [6.07, 6.45) is 4.97. The average molecular weight is 440 g/mol. The van der Waals surface area contributed by atoms with Crippen LogP contribution in [0.2, 0.25) is 0 Å². The number of aromatic amines is 1. The molecular weight excluding hydrogens is 427 g/mol. The van der Waals surface area contributed by atoms with Crippen LogP contribution in [0.3, 0.4) is 0 Å². The minimum absolute atomic E-state index is 0.646. The first-order valence-corrected chi connectivity index (χ1v) is 8.78. The fourth-order valence-electron chi connectivity index (χ4n) is 2.63. The van der Waals surface area contributed by atoms with Gasteiger partial charge < -0.3 is 10.7 Å². The Morgan fingerprint density at radius 1 is 1.08 bits per heavy atom. The molecule has 2 heterocycles. The van der Waals surface area contributed by atoms with Crippen molar-refractivity contribution in [3.05, 3.63) is 55.0 Å². The minimum Gasteiger partial charge on any atom is -0.397 e. The molecule has 0 aliphatic rings. The van der Waals surface area contributed by atoms with Crippen LogP contribution in [0.25, 0.3) is 33.7 Å². The van der Waals surface area contributed by atoms with E-state index in [2.05, 4.69) is 47.5 Å². The zero-order valence-electron chi connectivity index (χ0n) is 13.0. The van der Waals surface area contributed by atoms with E-state index in [1.165, 1.54) is 0 Å². The van der Waals surface area contributed by atoms with Crippen LogP contribution in [0.4, 0.5) is 11.4 Å². The van der Waals surface area contributed by atoms with E-state index >= 15 is 0 Å². The second kappa shape index (κ2) is 6.60. The predicted octanol–water partition coefficient (Wildman–Crippen LogP) is 4.36. The van der Waals surface area contributed by atoms with Crippen LogP contribution in [0.15, 0.2) is 60.0 Å². The molecule has 3 N–H and O–H groups in total. The van der Waals surface area contributed by atoms with Gasteiger partial charge in [-0.15, -0.1) is 0 Å². The zero-order valence-corrected chi connectivity index (χ0v) is 15.2. The van der Waals surface area contributed by atoms with Gasteiger partial charge in [0, 0.05) is 12.4 Å². The van der Waals surface area contributed by atoms with Crippen molar-refractivity contribution in [3.63, 3.8) is 0 Å². The summed E-state index contributed by atoms with van der Waals surface area (Å²) in [5.41, 5.74) is 12.1. The van der Waals surface area contributed by atoms with Crippen molar-refractivity contribution in [3.8, 4) is 22.6 Å². The third kappa shape index (κ3) is 3.10. The Labute approximate surface area is 157 Å². The Morgan fingerprint density at radius 2 is 1.92 bits per heavy atom. The molecule has 0 fully saturated rings. The van der Waals surface area contributed by atoms with Gasteiger partial charge in [0.2, 0.25) is 0 Å². The van der Waals surface area contributed by atoms with E-state index in [0.29, 0.717) is 17.2 Å². The summed E-state index contributed by atoms with van der Waals surface area (Å²) in [6.45, 7) is 0. The van der Waals surface area contributed by atoms with E-state index < -0.39 is 0 Å². The monoisotopic (exact) mass is 440 g/mol. The highest BCUT2D eigenvalue weighted by atomic mass is 127. The summed E-state index contributed by atoms with van der Waals surface area (Å²) >= 11 is 2.08. The lowest BCUT2D eigenvalue weighted by molar-refractivity contribution is 1.17. The zero-order chi connectivity index (χ0) is 17.2. The van der Waals surface area contributed by atoms with E-state index in [1.807, 2.05) is 36.4 Å². The van der Waals surface area contributed by atoms with Crippen LogP contribution in [0.1, 0.15) is 0 Å². The quantitative estimate of drug-likeness (QED) is 0.281. The van der Waals surface area contributed by atoms with Crippen LogP contribution in [0, 0.1) is 0 Å². The molecule has 0 bridgehead atoms. The Hall–Kier alpha value is -2.81. The Bertz CT molecular complexity index is 1070. The maximum absolute atomic E-state index is 6.08. The molecule has 4 aromatic rings. The lowest BCUT2D eigenvalue weighted by Crippen LogP contribution is -1.87. The number of halogens is 1. The fraction of sp³-hybridized carbons (Fsp3) is 0. The number of imidazole rings is 1. The highest BCUT2D eigenvalue weighted by molar-refractivity contribution is 14.1. The number of aliphatic imine (C=N–C) groups is 1. The standard InChI is InChI=1S/C18H13IN6/c19-10-23-14-3-1-11(7-13(14)20)12-2-4-15-16(8-12)25-18(24-15)17-9-21-5-6-22-17/h1-10H,20H2,(H,24,25)/b23-10+. The number of hydrogen-bond acceptors (Lipinski definition) is 5. The normalized spacial score (nSPS) is 11.4. The summed E-state index contributed by atoms with van der Waals surface area (Å²) in [6, 6.07) is 11.9. The summed E-state index contributed by atoms with van der Waals surface area (Å²) < 4.78 is 1.70. The van der Waals surface area contributed by atoms with E-state index in [-0.39, 0.29) is 0 Å². The number of benzene rings is 2. The van der Waals surface area contributed by atoms with Crippen molar-refractivity contribution in [2.75, 3.05) is 5.73 Å². The highest BCUT2D eigenvalue weighted by Gasteiger charge is 2.09. The molecule has 4 rings (SSSR count). The molecule has 0 saturated carbocycles. The third-order valence-electron chi connectivity index (χ3n) is 3.84. The first-order chi connectivity index (χ1) is 12.2. The number of rotatable bonds is 3. The SMILES string of the molecule is Nc1cc(-c2ccc3[nH]c(-c4cnccn4)nc3c2)ccc1/N=C/I. The van der Waals surface area contributed by atoms with Crippen LogP contribution in [0.5, 0.6) is 0 Å². The van der Waals surface area contributed by atoms with Crippen molar-refractivity contribution < 1.29 is 0 Å². The number of H-pyrrole nitrogens is 1. The topological polar surface area (TPSA) is 92.8 Å². The number of hydrogen-bond donors (Lipinski definition) is 2. The largest absolute Gasteiger partial charge is 0.397 e. The average Bonchev–Trinajstić information content (AvgIpc) is 3.07. The van der Waals surface area contributed by atoms with Gasteiger partial charge >= 0.3 is 0 Å². The molecular formula is C18H13IN6. The Kier molecular flexibility index (Phi) is 4.14. The number of aromatic nitrogens is 4. The van der Waals surface area contributed by atoms with E-state index in [1.54, 1.807) is 22.8 Å². The molecule has 0 spiro atoms. The second-order valence-corrected chi connectivity index (χ2v) is 5.97. The Balaban J connectivity index is 1.75. The van der Waals surface area contributed by atoms with Gasteiger partial charge in [-0.3, -0.25) is 4.98 Å². The summed E-state index contributed by atoms with van der Waals surface area (Å²) in [7, 11) is 0. The first kappa shape index (κ1) is 15.7. The maximum atomic E-state index is 6.08. The first-order valence-electron chi connectivity index (χ1n) is 7.53. The van der Waals surface area contributed by atoms with Gasteiger partial charge in [-0.2, -0.15) is 0 Å². The molecule has 0 amide bonds. The molecule has 0 unspecified atom stereocenters. The molecule has 0 saturated heterocycles. The highest BCUT2D eigenvalue weighted by Crippen LogP contribution is 2.30. The molecule has 6 nitrogen and oxygen atoms in total. The van der Waals surface area contributed by atoms with Gasteiger partial charge in [0.05, 0.1) is 32.8 Å². The van der Waals surface area contributed by atoms with Crippen LogP contribution >= 0.6 is 22.6 Å². The third-order valence-corrected chi connectivity index (χ3v) is 4.12. The molecule has 25 heavy (non-hydrogen) atoms. The van der Waals surface area contributed by atoms with Crippen molar-refractivity contribution in [2.45, 2.75) is 0 Å². The van der Waals surface area contributed by atoms with Gasteiger partial charge in [-0.25, -0.2) is 15.0 Å². The lowest BCUT2D eigenvalue weighted by atomic mass is 10.0. The van der Waals surface area contributed by atoms with Crippen molar-refractivity contribution in [2.24, 2.45) is 4.99 Å². The number of fused-ring (bicyclic) bond motifs is 1. The number of nitrogens with zero attached hydrogens (tertiary/aromatic N) is 4. The number of nitrogen functional groups attached to an aromatic ring is 1. The van der Waals surface area contributed by atoms with Crippen LogP contribution in [-0.2, 0) is 0 Å². The lowest BCUT2D eigenvalue weighted by Gasteiger charge is -2.05. The number of anilines is 1. The van der Waals surface area contributed by atoms with Gasteiger partial charge in [0.15, 0.2) is 5.82 Å². The molecule has 0 radical (unpaired) electrons. The van der Waals surface area contributed by atoms with Gasteiger partial charge in [0.1, 0.15) is 5.69 Å². The summed E-state index contributed by atoms with van der Waals surface area (Å²) in [4.78, 5) is 20.5. The van der Waals surface area contributed by atoms with Crippen molar-refractivity contribution in [1.82, 2.24) is 19.9 Å². The summed E-state index contributed by atoms with van der Waals surface area (Å²) in [5.74, 6) is 0.700. The van der Waals surface area contributed by atoms with Gasteiger partial charge in [-0.1, -0.05) is 12.1 Å². The maximum Gasteiger partial charge on any atom is 0.158 e. The minimum atomic E-state index is 0.646. The van der Waals surface area contributed by atoms with E-state index in [0.717, 1.165) is 27.8 Å². The molecule has 0 atom stereocenters.